The Kier molecular flexibility index (Phi) is 9.39. The lowest BCUT2D eigenvalue weighted by Crippen LogP contribution is -2.44. The van der Waals surface area contributed by atoms with Gasteiger partial charge in [0.1, 0.15) is 29.2 Å². The summed E-state index contributed by atoms with van der Waals surface area (Å²) in [5, 5.41) is 4.85. The van der Waals surface area contributed by atoms with Crippen LogP contribution in [-0.2, 0) is 36.9 Å². The fourth-order valence-corrected chi connectivity index (χ4v) is 3.29. The van der Waals surface area contributed by atoms with E-state index in [-0.39, 0.29) is 24.8 Å². The van der Waals surface area contributed by atoms with Crippen molar-refractivity contribution in [3.8, 4) is 5.75 Å². The molecule has 0 aliphatic heterocycles. The van der Waals surface area contributed by atoms with E-state index in [4.69, 9.17) is 9.47 Å². The van der Waals surface area contributed by atoms with Crippen molar-refractivity contribution in [2.24, 2.45) is 5.92 Å². The van der Waals surface area contributed by atoms with Crippen LogP contribution in [0.4, 0.5) is 4.39 Å². The van der Waals surface area contributed by atoms with Crippen LogP contribution in [0.2, 0.25) is 0 Å². The molecule has 0 bridgehead atoms. The van der Waals surface area contributed by atoms with Gasteiger partial charge in [-0.05, 0) is 36.6 Å². The molecular formula is C21H25FN2O6S. The molecule has 2 rings (SSSR count). The summed E-state index contributed by atoms with van der Waals surface area (Å²) in [7, 11) is 1.24. The minimum atomic E-state index is -0.793. The topological polar surface area (TPSA) is 104 Å². The van der Waals surface area contributed by atoms with Gasteiger partial charge in [-0.2, -0.15) is 0 Å². The molecule has 1 unspecified atom stereocenters. The van der Waals surface area contributed by atoms with E-state index >= 15 is 0 Å². The van der Waals surface area contributed by atoms with E-state index in [0.717, 1.165) is 0 Å². The average Bonchev–Trinajstić information content (AvgIpc) is 3.17. The predicted molar refractivity (Wildman–Crippen MR) is 111 cm³/mol. The van der Waals surface area contributed by atoms with E-state index in [1.54, 1.807) is 5.38 Å². The summed E-state index contributed by atoms with van der Waals surface area (Å²) in [5.41, 5.74) is 0.486. The number of ether oxygens (including phenoxy) is 3. The fraction of sp³-hybridized carbons (Fsp3) is 0.429. The Balaban J connectivity index is 1.76. The second kappa shape index (κ2) is 12.0. The number of methoxy groups -OCH3 is 1. The molecule has 0 aliphatic rings. The van der Waals surface area contributed by atoms with Gasteiger partial charge < -0.3 is 19.5 Å². The van der Waals surface area contributed by atoms with Gasteiger partial charge >= 0.3 is 11.9 Å². The lowest BCUT2D eigenvalue weighted by atomic mass is 10.0. The second-order valence-corrected chi connectivity index (χ2v) is 8.03. The molecule has 1 aromatic carbocycles. The summed E-state index contributed by atoms with van der Waals surface area (Å²) in [5.74, 6) is -1.44. The van der Waals surface area contributed by atoms with E-state index < -0.39 is 30.5 Å². The standard InChI is InChI=1S/C21H25FN2O6S/c1-13(2)8-17(21(27)28-3)24-18(25)10-30-20(26)9-15-12-31-19(23-15)11-29-16-6-4-14(22)5-7-16/h4-7,12-13,17H,8-11H2,1-3H3,(H,24,25). The maximum Gasteiger partial charge on any atom is 0.328 e. The van der Waals surface area contributed by atoms with Crippen molar-refractivity contribution in [2.75, 3.05) is 13.7 Å². The van der Waals surface area contributed by atoms with Gasteiger partial charge in [-0.25, -0.2) is 14.2 Å². The van der Waals surface area contributed by atoms with Gasteiger partial charge in [-0.15, -0.1) is 11.3 Å². The molecule has 0 radical (unpaired) electrons. The quantitative estimate of drug-likeness (QED) is 0.523. The number of esters is 2. The number of rotatable bonds is 11. The van der Waals surface area contributed by atoms with Gasteiger partial charge in [-0.1, -0.05) is 13.8 Å². The van der Waals surface area contributed by atoms with E-state index in [1.165, 1.54) is 42.7 Å². The first-order valence-corrected chi connectivity index (χ1v) is 10.5. The first kappa shape index (κ1) is 24.3. The van der Waals surface area contributed by atoms with Gasteiger partial charge in [-0.3, -0.25) is 9.59 Å². The highest BCUT2D eigenvalue weighted by molar-refractivity contribution is 7.09. The van der Waals surface area contributed by atoms with Crippen molar-refractivity contribution in [1.82, 2.24) is 10.3 Å². The molecule has 1 aromatic heterocycles. The normalized spacial score (nSPS) is 11.6. The van der Waals surface area contributed by atoms with Crippen molar-refractivity contribution in [2.45, 2.75) is 39.3 Å². The highest BCUT2D eigenvalue weighted by Crippen LogP contribution is 2.16. The van der Waals surface area contributed by atoms with Gasteiger partial charge in [0.15, 0.2) is 6.61 Å². The summed E-state index contributed by atoms with van der Waals surface area (Å²) in [6.45, 7) is 3.50. The molecule has 0 saturated carbocycles. The third-order valence-electron chi connectivity index (χ3n) is 3.99. The number of thiazole rings is 1. The first-order chi connectivity index (χ1) is 14.8. The second-order valence-electron chi connectivity index (χ2n) is 7.09. The molecule has 2 aromatic rings. The van der Waals surface area contributed by atoms with Crippen LogP contribution in [-0.4, -0.2) is 42.6 Å². The molecular weight excluding hydrogens is 427 g/mol. The van der Waals surface area contributed by atoms with Crippen LogP contribution in [0, 0.1) is 11.7 Å². The highest BCUT2D eigenvalue weighted by Gasteiger charge is 2.23. The molecule has 168 valence electrons. The Morgan fingerprint density at radius 2 is 1.90 bits per heavy atom. The van der Waals surface area contributed by atoms with Gasteiger partial charge in [0.05, 0.1) is 19.2 Å². The molecule has 0 spiro atoms. The Bertz CT molecular complexity index is 884. The van der Waals surface area contributed by atoms with E-state index in [0.29, 0.717) is 22.9 Å². The molecule has 8 nitrogen and oxygen atoms in total. The minimum absolute atomic E-state index is 0.104. The lowest BCUT2D eigenvalue weighted by molar-refractivity contribution is -0.150. The molecule has 1 amide bonds. The van der Waals surface area contributed by atoms with Gasteiger partial charge in [0.25, 0.3) is 5.91 Å². The number of aromatic nitrogens is 1. The zero-order valence-corrected chi connectivity index (χ0v) is 18.4. The Hall–Kier alpha value is -3.01. The fourth-order valence-electron chi connectivity index (χ4n) is 2.58. The van der Waals surface area contributed by atoms with Crippen LogP contribution in [0.15, 0.2) is 29.6 Å². The van der Waals surface area contributed by atoms with Gasteiger partial charge in [0.2, 0.25) is 0 Å². The number of hydrogen-bond donors (Lipinski definition) is 1. The van der Waals surface area contributed by atoms with Crippen LogP contribution < -0.4 is 10.1 Å². The molecule has 0 aliphatic carbocycles. The summed E-state index contributed by atoms with van der Waals surface area (Å²) in [6, 6.07) is 4.82. The predicted octanol–water partition coefficient (Wildman–Crippen LogP) is 2.65. The SMILES string of the molecule is COC(=O)C(CC(C)C)NC(=O)COC(=O)Cc1csc(COc2ccc(F)cc2)n1. The van der Waals surface area contributed by atoms with Crippen molar-refractivity contribution in [1.29, 1.82) is 0 Å². The summed E-state index contributed by atoms with van der Waals surface area (Å²) >= 11 is 1.31. The highest BCUT2D eigenvalue weighted by atomic mass is 32.1. The number of halogens is 1. The third-order valence-corrected chi connectivity index (χ3v) is 4.86. The monoisotopic (exact) mass is 452 g/mol. The molecule has 31 heavy (non-hydrogen) atoms. The lowest BCUT2D eigenvalue weighted by Gasteiger charge is -2.18. The number of nitrogens with zero attached hydrogens (tertiary/aromatic N) is 1. The number of hydrogen-bond acceptors (Lipinski definition) is 8. The summed E-state index contributed by atoms with van der Waals surface area (Å²) in [6.07, 6.45) is 0.306. The van der Waals surface area contributed by atoms with Crippen LogP contribution in [0.5, 0.6) is 5.75 Å². The van der Waals surface area contributed by atoms with Crippen molar-refractivity contribution >= 4 is 29.2 Å². The zero-order valence-electron chi connectivity index (χ0n) is 17.6. The van der Waals surface area contributed by atoms with E-state index in [9.17, 15) is 18.8 Å². The number of amides is 1. The molecule has 10 heteroatoms. The third kappa shape index (κ3) is 8.71. The minimum Gasteiger partial charge on any atom is -0.486 e. The Labute approximate surface area is 183 Å². The number of benzene rings is 1. The van der Waals surface area contributed by atoms with Crippen LogP contribution in [0.1, 0.15) is 31.0 Å². The Morgan fingerprint density at radius 1 is 1.19 bits per heavy atom. The maximum absolute atomic E-state index is 12.9. The maximum atomic E-state index is 12.9. The first-order valence-electron chi connectivity index (χ1n) is 9.61. The average molecular weight is 453 g/mol. The summed E-state index contributed by atoms with van der Waals surface area (Å²) in [4.78, 5) is 40.0. The van der Waals surface area contributed by atoms with E-state index in [2.05, 4.69) is 15.0 Å². The number of carbonyl (C=O) groups is 3. The molecule has 1 N–H and O–H groups in total. The van der Waals surface area contributed by atoms with E-state index in [1.807, 2.05) is 13.8 Å². The van der Waals surface area contributed by atoms with Crippen molar-refractivity contribution in [3.63, 3.8) is 0 Å². The largest absolute Gasteiger partial charge is 0.486 e. The van der Waals surface area contributed by atoms with Crippen molar-refractivity contribution in [3.05, 3.63) is 46.2 Å². The zero-order chi connectivity index (χ0) is 22.8. The van der Waals surface area contributed by atoms with Crippen LogP contribution >= 0.6 is 11.3 Å². The molecule has 1 atom stereocenters. The van der Waals surface area contributed by atoms with Crippen molar-refractivity contribution < 1.29 is 33.0 Å². The molecule has 0 fully saturated rings. The Morgan fingerprint density at radius 3 is 2.55 bits per heavy atom. The molecule has 1 heterocycles. The van der Waals surface area contributed by atoms with Gasteiger partial charge in [0, 0.05) is 5.38 Å². The van der Waals surface area contributed by atoms with Crippen LogP contribution in [0.3, 0.4) is 0 Å². The summed E-state index contributed by atoms with van der Waals surface area (Å²) < 4.78 is 28.1. The van der Waals surface area contributed by atoms with Crippen LogP contribution in [0.25, 0.3) is 0 Å². The smallest absolute Gasteiger partial charge is 0.328 e. The number of carbonyl (C=O) groups excluding carboxylic acids is 3. The molecule has 0 saturated heterocycles. The number of nitrogens with one attached hydrogen (secondary N) is 1.